The Bertz CT molecular complexity index is 1250. The van der Waals surface area contributed by atoms with Crippen molar-refractivity contribution in [1.82, 2.24) is 15.2 Å². The molecule has 8 heteroatoms. The van der Waals surface area contributed by atoms with Gasteiger partial charge in [0.25, 0.3) is 0 Å². The van der Waals surface area contributed by atoms with E-state index >= 15 is 0 Å². The summed E-state index contributed by atoms with van der Waals surface area (Å²) in [5.41, 5.74) is 0.295. The number of fused-ring (bicyclic) bond motifs is 2. The van der Waals surface area contributed by atoms with E-state index in [2.05, 4.69) is 10.3 Å². The summed E-state index contributed by atoms with van der Waals surface area (Å²) in [5, 5.41) is 24.9. The third kappa shape index (κ3) is 2.69. The highest BCUT2D eigenvalue weighted by Crippen LogP contribution is 2.51. The topological polar surface area (TPSA) is 123 Å². The minimum absolute atomic E-state index is 0.00812. The van der Waals surface area contributed by atoms with Gasteiger partial charge in [-0.25, -0.2) is 0 Å². The zero-order valence-corrected chi connectivity index (χ0v) is 17.4. The molecule has 2 aliphatic rings. The van der Waals surface area contributed by atoms with E-state index in [1.54, 1.807) is 31.3 Å². The number of phenolic OH excluding ortho intramolecular Hbond substituents is 1. The van der Waals surface area contributed by atoms with E-state index in [0.29, 0.717) is 5.56 Å². The number of aliphatic carboxylic acids is 1. The Hall–Kier alpha value is -3.65. The van der Waals surface area contributed by atoms with Crippen molar-refractivity contribution in [3.05, 3.63) is 65.9 Å². The van der Waals surface area contributed by atoms with Crippen molar-refractivity contribution >= 4 is 28.7 Å². The number of aromatic nitrogens is 1. The molecular formula is C24H23N3O5. The lowest BCUT2D eigenvalue weighted by Crippen LogP contribution is -2.57. The second-order valence-electron chi connectivity index (χ2n) is 8.42. The van der Waals surface area contributed by atoms with Crippen LogP contribution >= 0.6 is 0 Å². The first-order valence-corrected chi connectivity index (χ1v) is 10.6. The molecule has 2 saturated heterocycles. The van der Waals surface area contributed by atoms with Crippen LogP contribution < -0.4 is 5.32 Å². The summed E-state index contributed by atoms with van der Waals surface area (Å²) < 4.78 is 0. The van der Waals surface area contributed by atoms with E-state index in [0.717, 1.165) is 21.4 Å². The number of nitrogens with zero attached hydrogens (tertiary/aromatic N) is 1. The lowest BCUT2D eigenvalue weighted by molar-refractivity contribution is -0.151. The van der Waals surface area contributed by atoms with E-state index in [-0.39, 0.29) is 18.7 Å². The van der Waals surface area contributed by atoms with E-state index < -0.39 is 41.2 Å². The molecule has 3 heterocycles. The number of carbonyl (C=O) groups is 3. The molecule has 0 bridgehead atoms. The fourth-order valence-corrected chi connectivity index (χ4v) is 5.41. The lowest BCUT2D eigenvalue weighted by atomic mass is 9.76. The van der Waals surface area contributed by atoms with Gasteiger partial charge in [-0.2, -0.15) is 0 Å². The first kappa shape index (κ1) is 20.3. The SMILES string of the molecule is CCN1C(=O)[C@@H]2[C@H](c3ccccc3O)N[C@@](Cc3c[nH]c4ccccc34)(C(=O)O)[C@H]2C1=O. The number of imide groups is 1. The number of likely N-dealkylation sites (tertiary alicyclic amines) is 1. The van der Waals surface area contributed by atoms with Gasteiger partial charge >= 0.3 is 5.97 Å². The van der Waals surface area contributed by atoms with Gasteiger partial charge in [0.1, 0.15) is 11.3 Å². The molecule has 32 heavy (non-hydrogen) atoms. The van der Waals surface area contributed by atoms with Crippen LogP contribution in [0.2, 0.25) is 0 Å². The molecule has 4 atom stereocenters. The molecule has 3 aromatic rings. The van der Waals surface area contributed by atoms with Gasteiger partial charge in [-0.3, -0.25) is 24.6 Å². The molecular weight excluding hydrogens is 410 g/mol. The van der Waals surface area contributed by atoms with Crippen LogP contribution in [0, 0.1) is 11.8 Å². The predicted molar refractivity (Wildman–Crippen MR) is 116 cm³/mol. The van der Waals surface area contributed by atoms with Gasteiger partial charge in [0, 0.05) is 41.7 Å². The highest BCUT2D eigenvalue weighted by molar-refractivity contribution is 6.09. The maximum atomic E-state index is 13.3. The molecule has 0 radical (unpaired) electrons. The van der Waals surface area contributed by atoms with Gasteiger partial charge in [-0.15, -0.1) is 0 Å². The monoisotopic (exact) mass is 433 g/mol. The second-order valence-corrected chi connectivity index (χ2v) is 8.42. The molecule has 164 valence electrons. The number of amides is 2. The summed E-state index contributed by atoms with van der Waals surface area (Å²) in [7, 11) is 0. The number of rotatable bonds is 5. The molecule has 0 spiro atoms. The van der Waals surface area contributed by atoms with Gasteiger partial charge in [0.05, 0.1) is 11.8 Å². The number of phenols is 1. The molecule has 0 unspecified atom stereocenters. The van der Waals surface area contributed by atoms with Crippen LogP contribution in [-0.2, 0) is 20.8 Å². The molecule has 2 aliphatic heterocycles. The number of hydrogen-bond donors (Lipinski definition) is 4. The van der Waals surface area contributed by atoms with Crippen LogP contribution in [0.1, 0.15) is 24.1 Å². The van der Waals surface area contributed by atoms with Crippen LogP contribution in [0.25, 0.3) is 10.9 Å². The van der Waals surface area contributed by atoms with Crippen molar-refractivity contribution in [2.24, 2.45) is 11.8 Å². The van der Waals surface area contributed by atoms with Gasteiger partial charge in [-0.05, 0) is 24.6 Å². The summed E-state index contributed by atoms with van der Waals surface area (Å²) in [6.45, 7) is 1.86. The zero-order chi connectivity index (χ0) is 22.6. The number of benzene rings is 2. The van der Waals surface area contributed by atoms with E-state index in [1.807, 2.05) is 24.3 Å². The maximum Gasteiger partial charge on any atom is 0.325 e. The van der Waals surface area contributed by atoms with Gasteiger partial charge in [0.2, 0.25) is 11.8 Å². The number of H-pyrrole nitrogens is 1. The van der Waals surface area contributed by atoms with Gasteiger partial charge in [-0.1, -0.05) is 36.4 Å². The summed E-state index contributed by atoms with van der Waals surface area (Å²) in [5.74, 6) is -4.16. The van der Waals surface area contributed by atoms with Crippen LogP contribution in [-0.4, -0.2) is 50.0 Å². The third-order valence-corrected chi connectivity index (χ3v) is 6.86. The average molecular weight is 433 g/mol. The minimum Gasteiger partial charge on any atom is -0.508 e. The number of aromatic amines is 1. The fraction of sp³-hybridized carbons (Fsp3) is 0.292. The van der Waals surface area contributed by atoms with Gasteiger partial charge in [0.15, 0.2) is 0 Å². The molecule has 0 aliphatic carbocycles. The summed E-state index contributed by atoms with van der Waals surface area (Å²) in [4.78, 5) is 43.7. The third-order valence-electron chi connectivity index (χ3n) is 6.86. The first-order valence-electron chi connectivity index (χ1n) is 10.6. The van der Waals surface area contributed by atoms with E-state index in [9.17, 15) is 24.6 Å². The Labute approximate surface area is 183 Å². The standard InChI is InChI=1S/C24H23N3O5/c1-2-27-21(29)18-19(22(27)30)24(23(31)32,26-20(18)15-8-4-6-10-17(15)28)11-13-12-25-16-9-5-3-7-14(13)16/h3-10,12,18-20,25-26,28H,2,11H2,1H3,(H,31,32)/t18-,19+,20-,24+/m0/s1. The Morgan fingerprint density at radius 2 is 1.81 bits per heavy atom. The number of carboxylic acid groups (broad SMARTS) is 1. The largest absolute Gasteiger partial charge is 0.508 e. The predicted octanol–water partition coefficient (Wildman–Crippen LogP) is 2.21. The Morgan fingerprint density at radius 3 is 2.53 bits per heavy atom. The van der Waals surface area contributed by atoms with Crippen molar-refractivity contribution in [3.8, 4) is 5.75 Å². The molecule has 1 aromatic heterocycles. The van der Waals surface area contributed by atoms with Crippen molar-refractivity contribution in [2.75, 3.05) is 6.54 Å². The summed E-state index contributed by atoms with van der Waals surface area (Å²) in [6.07, 6.45) is 1.76. The molecule has 8 nitrogen and oxygen atoms in total. The normalized spacial score (nSPS) is 27.3. The van der Waals surface area contributed by atoms with E-state index in [4.69, 9.17) is 0 Å². The van der Waals surface area contributed by atoms with Crippen LogP contribution in [0.4, 0.5) is 0 Å². The molecule has 5 rings (SSSR count). The fourth-order valence-electron chi connectivity index (χ4n) is 5.41. The average Bonchev–Trinajstić information content (AvgIpc) is 3.42. The lowest BCUT2D eigenvalue weighted by Gasteiger charge is -2.31. The van der Waals surface area contributed by atoms with Crippen molar-refractivity contribution < 1.29 is 24.6 Å². The highest BCUT2D eigenvalue weighted by Gasteiger charge is 2.68. The smallest absolute Gasteiger partial charge is 0.325 e. The number of hydrogen-bond acceptors (Lipinski definition) is 5. The van der Waals surface area contributed by atoms with Crippen LogP contribution in [0.5, 0.6) is 5.75 Å². The van der Waals surface area contributed by atoms with Crippen molar-refractivity contribution in [1.29, 1.82) is 0 Å². The molecule has 0 saturated carbocycles. The van der Waals surface area contributed by atoms with Crippen molar-refractivity contribution in [2.45, 2.75) is 24.9 Å². The van der Waals surface area contributed by atoms with Crippen molar-refractivity contribution in [3.63, 3.8) is 0 Å². The number of carbonyl (C=O) groups excluding carboxylic acids is 2. The highest BCUT2D eigenvalue weighted by atomic mass is 16.4. The Morgan fingerprint density at radius 1 is 1.09 bits per heavy atom. The quantitative estimate of drug-likeness (QED) is 0.458. The number of para-hydroxylation sites is 2. The maximum absolute atomic E-state index is 13.3. The summed E-state index contributed by atoms with van der Waals surface area (Å²) in [6, 6.07) is 13.2. The van der Waals surface area contributed by atoms with Crippen LogP contribution in [0.15, 0.2) is 54.7 Å². The second kappa shape index (κ2) is 7.20. The van der Waals surface area contributed by atoms with E-state index in [1.165, 1.54) is 6.07 Å². The first-order chi connectivity index (χ1) is 15.4. The number of nitrogens with one attached hydrogen (secondary N) is 2. The number of carboxylic acids is 1. The number of aromatic hydroxyl groups is 1. The zero-order valence-electron chi connectivity index (χ0n) is 17.4. The molecule has 2 fully saturated rings. The molecule has 2 aromatic carbocycles. The van der Waals surface area contributed by atoms with Gasteiger partial charge < -0.3 is 15.2 Å². The van der Waals surface area contributed by atoms with Crippen LogP contribution in [0.3, 0.4) is 0 Å². The molecule has 4 N–H and O–H groups in total. The molecule has 2 amide bonds. The Kier molecular flexibility index (Phi) is 4.56. The Balaban J connectivity index is 1.68. The summed E-state index contributed by atoms with van der Waals surface area (Å²) >= 11 is 0. The minimum atomic E-state index is -1.71.